The summed E-state index contributed by atoms with van der Waals surface area (Å²) in [7, 11) is 0. The Morgan fingerprint density at radius 1 is 0.371 bits per heavy atom. The second-order valence-electron chi connectivity index (χ2n) is 23.7. The van der Waals surface area contributed by atoms with E-state index in [9.17, 15) is 10.2 Å². The Labute approximate surface area is 434 Å². The van der Waals surface area contributed by atoms with Gasteiger partial charge in [0.25, 0.3) is 0 Å². The van der Waals surface area contributed by atoms with Crippen LogP contribution in [0.5, 0.6) is 23.0 Å². The van der Waals surface area contributed by atoms with E-state index in [0.717, 1.165) is 92.3 Å². The zero-order valence-electron chi connectivity index (χ0n) is 44.4. The standard InChI is InChI=1S/C64H80O4Se2/c1-61(2,3)51-35-43-31-47-39-53(63(7,8)9)41-49(59(47)67-27-19-21-29-69-55-23-15-13-16-24-55)33-45-37-52(62(4,5)6)38-46(58(45)66)34-50-42-54(64(10,11)12)40-48(32-44(36-51)57(43)65)60(50)68-28-20-22-30-70-56-25-17-14-18-26-56/h13-18,23-26,35-42,65-66H,19-22,27-34H2,1-12H3. The zero-order chi connectivity index (χ0) is 50.4. The third-order valence-corrected chi connectivity index (χ3v) is 18.2. The van der Waals surface area contributed by atoms with E-state index in [2.05, 4.69) is 192 Å². The summed E-state index contributed by atoms with van der Waals surface area (Å²) in [5, 5.41) is 27.8. The van der Waals surface area contributed by atoms with Crippen LogP contribution in [0, 0.1) is 0 Å². The van der Waals surface area contributed by atoms with Gasteiger partial charge in [0.05, 0.1) is 0 Å². The second kappa shape index (κ2) is 22.5. The van der Waals surface area contributed by atoms with E-state index in [4.69, 9.17) is 9.47 Å². The van der Waals surface area contributed by atoms with Crippen molar-refractivity contribution in [3.05, 3.63) is 176 Å². The minimum atomic E-state index is -0.166. The maximum absolute atomic E-state index is 12.7. The van der Waals surface area contributed by atoms with Gasteiger partial charge in [0, 0.05) is 0 Å². The van der Waals surface area contributed by atoms with E-state index >= 15 is 0 Å². The first-order valence-electron chi connectivity index (χ1n) is 25.7. The van der Waals surface area contributed by atoms with Gasteiger partial charge < -0.3 is 0 Å². The van der Waals surface area contributed by atoms with Gasteiger partial charge in [-0.15, -0.1) is 0 Å². The number of phenolic OH excluding ortho intramolecular Hbond substituents is 2. The van der Waals surface area contributed by atoms with E-state index in [1.807, 2.05) is 0 Å². The SMILES string of the molecule is CC(C)(C)c1cc2c(O)c(c1)Cc1cc(C(C)(C)C)cc(c1OCCCC[Se]c1ccccc1)Cc1cc(C(C)(C)C)cc(c1O)Cc1cc(C(C)(C)C)cc(c1OCCCC[Se]c1ccccc1)C2. The van der Waals surface area contributed by atoms with Gasteiger partial charge in [0.2, 0.25) is 0 Å². The van der Waals surface area contributed by atoms with Crippen LogP contribution in [0.2, 0.25) is 10.6 Å². The predicted molar refractivity (Wildman–Crippen MR) is 298 cm³/mol. The topological polar surface area (TPSA) is 58.9 Å². The molecular formula is C64H80O4Se2. The van der Waals surface area contributed by atoms with Gasteiger partial charge in [0.1, 0.15) is 0 Å². The summed E-state index contributed by atoms with van der Waals surface area (Å²) in [6, 6.07) is 39.9. The molecule has 1 aliphatic rings. The van der Waals surface area contributed by atoms with Crippen LogP contribution in [-0.2, 0) is 47.3 Å². The molecule has 0 unspecified atom stereocenters. The molecule has 0 radical (unpaired) electrons. The summed E-state index contributed by atoms with van der Waals surface area (Å²) in [4.78, 5) is 0. The van der Waals surface area contributed by atoms with Crippen molar-refractivity contribution in [3.8, 4) is 23.0 Å². The summed E-state index contributed by atoms with van der Waals surface area (Å²) in [5.41, 5.74) is 12.0. The molecule has 0 amide bonds. The predicted octanol–water partition coefficient (Wildman–Crippen LogP) is 14.2. The molecule has 6 heteroatoms. The molecule has 372 valence electrons. The number of hydrogen-bond acceptors (Lipinski definition) is 4. The molecule has 0 heterocycles. The molecule has 6 aromatic rings. The quantitative estimate of drug-likeness (QED) is 0.0842. The van der Waals surface area contributed by atoms with Crippen molar-refractivity contribution < 1.29 is 19.7 Å². The molecule has 2 N–H and O–H groups in total. The van der Waals surface area contributed by atoms with Gasteiger partial charge in [-0.25, -0.2) is 0 Å². The molecule has 0 aromatic heterocycles. The van der Waals surface area contributed by atoms with Crippen molar-refractivity contribution in [2.75, 3.05) is 13.2 Å². The molecule has 0 atom stereocenters. The first kappa shape index (κ1) is 53.4. The first-order chi connectivity index (χ1) is 33.0. The normalized spacial score (nSPS) is 13.3. The fraction of sp³-hybridized carbons (Fsp3) is 0.438. The van der Waals surface area contributed by atoms with Crippen LogP contribution < -0.4 is 18.4 Å². The van der Waals surface area contributed by atoms with Crippen molar-refractivity contribution in [2.45, 2.75) is 167 Å². The molecule has 6 aromatic carbocycles. The molecule has 1 aliphatic carbocycles. The number of hydrogen-bond donors (Lipinski definition) is 2. The fourth-order valence-electron chi connectivity index (χ4n) is 9.19. The van der Waals surface area contributed by atoms with Crippen LogP contribution in [0.25, 0.3) is 0 Å². The Hall–Kier alpha value is -4.44. The Bertz CT molecular complexity index is 2430. The minimum absolute atomic E-state index is 0.157. The Morgan fingerprint density at radius 2 is 0.629 bits per heavy atom. The van der Waals surface area contributed by atoms with Crippen molar-refractivity contribution in [1.29, 1.82) is 0 Å². The number of fused-ring (bicyclic) bond motifs is 8. The van der Waals surface area contributed by atoms with E-state index in [1.54, 1.807) is 0 Å². The van der Waals surface area contributed by atoms with Crippen LogP contribution in [0.3, 0.4) is 0 Å². The van der Waals surface area contributed by atoms with Crippen LogP contribution in [-0.4, -0.2) is 53.3 Å². The van der Waals surface area contributed by atoms with Gasteiger partial charge in [-0.1, -0.05) is 41.5 Å². The van der Waals surface area contributed by atoms with Gasteiger partial charge in [-0.05, 0) is 0 Å². The van der Waals surface area contributed by atoms with Crippen molar-refractivity contribution in [1.82, 2.24) is 0 Å². The Kier molecular flexibility index (Phi) is 17.2. The number of benzene rings is 6. The van der Waals surface area contributed by atoms with Gasteiger partial charge in [-0.2, -0.15) is 0 Å². The second-order valence-corrected chi connectivity index (χ2v) is 28.6. The summed E-state index contributed by atoms with van der Waals surface area (Å²) >= 11 is 0.861. The fourth-order valence-corrected chi connectivity index (χ4v) is 13.1. The summed E-state index contributed by atoms with van der Waals surface area (Å²) in [5.74, 6) is 2.43. The molecule has 0 saturated heterocycles. The Morgan fingerprint density at radius 3 is 0.886 bits per heavy atom. The molecule has 0 spiro atoms. The molecule has 4 nitrogen and oxygen atoms in total. The van der Waals surface area contributed by atoms with Gasteiger partial charge >= 0.3 is 396 Å². The summed E-state index contributed by atoms with van der Waals surface area (Å²) in [6.07, 6.45) is 6.11. The molecule has 0 aliphatic heterocycles. The summed E-state index contributed by atoms with van der Waals surface area (Å²) in [6.45, 7) is 28.4. The molecule has 0 saturated carbocycles. The average molecular weight is 1070 g/mol. The monoisotopic (exact) mass is 1070 g/mol. The van der Waals surface area contributed by atoms with Crippen molar-refractivity contribution in [3.63, 3.8) is 0 Å². The number of ether oxygens (including phenoxy) is 2. The number of rotatable bonds is 14. The molecule has 70 heavy (non-hydrogen) atoms. The van der Waals surface area contributed by atoms with E-state index in [-0.39, 0.29) is 21.7 Å². The van der Waals surface area contributed by atoms with Crippen LogP contribution in [0.4, 0.5) is 0 Å². The van der Waals surface area contributed by atoms with E-state index in [0.29, 0.717) is 80.3 Å². The van der Waals surface area contributed by atoms with E-state index < -0.39 is 0 Å². The van der Waals surface area contributed by atoms with Crippen molar-refractivity contribution >= 4 is 38.8 Å². The molecular weight excluding hydrogens is 991 g/mol. The van der Waals surface area contributed by atoms with Crippen LogP contribution in [0.15, 0.2) is 109 Å². The molecule has 0 fully saturated rings. The van der Waals surface area contributed by atoms with Gasteiger partial charge in [0.15, 0.2) is 0 Å². The summed E-state index contributed by atoms with van der Waals surface area (Å²) < 4.78 is 17.0. The van der Waals surface area contributed by atoms with Gasteiger partial charge in [-0.3, -0.25) is 0 Å². The van der Waals surface area contributed by atoms with Crippen LogP contribution in [0.1, 0.15) is 176 Å². The third-order valence-electron chi connectivity index (χ3n) is 13.6. The number of phenols is 2. The third kappa shape index (κ3) is 13.9. The van der Waals surface area contributed by atoms with Crippen LogP contribution >= 0.6 is 0 Å². The molecule has 8 bridgehead atoms. The first-order valence-corrected chi connectivity index (χ1v) is 29.8. The number of aromatic hydroxyl groups is 2. The van der Waals surface area contributed by atoms with E-state index in [1.165, 1.54) is 31.2 Å². The zero-order valence-corrected chi connectivity index (χ0v) is 47.8. The van der Waals surface area contributed by atoms with Crippen molar-refractivity contribution in [2.24, 2.45) is 0 Å². The number of unbranched alkanes of at least 4 members (excludes halogenated alkanes) is 2. The maximum atomic E-state index is 12.7. The molecule has 7 rings (SSSR count). The Balaban J connectivity index is 1.38. The average Bonchev–Trinajstić information content (AvgIpc) is 3.28.